The lowest BCUT2D eigenvalue weighted by Crippen LogP contribution is -2.41. The van der Waals surface area contributed by atoms with Gasteiger partial charge in [-0.1, -0.05) is 26.8 Å². The minimum atomic E-state index is -4.29. The molecule has 2 N–H and O–H groups in total. The number of anilines is 2. The second-order valence-electron chi connectivity index (χ2n) is 13.1. The Morgan fingerprint density at radius 3 is 2.65 bits per heavy atom. The summed E-state index contributed by atoms with van der Waals surface area (Å²) >= 11 is 0. The Bertz CT molecular complexity index is 1670. The van der Waals surface area contributed by atoms with Crippen LogP contribution >= 0.6 is 0 Å². The van der Waals surface area contributed by atoms with Crippen LogP contribution in [0.3, 0.4) is 0 Å². The average molecular weight is 602 g/mol. The number of carbonyl (C=O) groups excluding carboxylic acids is 1. The summed E-state index contributed by atoms with van der Waals surface area (Å²) in [5, 5.41) is 3.16. The van der Waals surface area contributed by atoms with Gasteiger partial charge in [0.2, 0.25) is 6.54 Å². The second kappa shape index (κ2) is 11.6. The lowest BCUT2D eigenvalue weighted by molar-refractivity contribution is 0.0981. The second-order valence-corrected chi connectivity index (χ2v) is 14.7. The van der Waals surface area contributed by atoms with Gasteiger partial charge in [-0.05, 0) is 81.0 Å². The van der Waals surface area contributed by atoms with Gasteiger partial charge in [-0.25, -0.2) is 21.3 Å². The fourth-order valence-electron chi connectivity index (χ4n) is 5.98. The van der Waals surface area contributed by atoms with Crippen molar-refractivity contribution in [3.8, 4) is 0 Å². The van der Waals surface area contributed by atoms with Gasteiger partial charge in [0.05, 0.1) is 17.3 Å². The van der Waals surface area contributed by atoms with Crippen LogP contribution in [-0.2, 0) is 21.9 Å². The molecule has 3 aromatic rings. The van der Waals surface area contributed by atoms with Crippen molar-refractivity contribution in [1.82, 2.24) is 19.7 Å². The zero-order chi connectivity index (χ0) is 31.0. The van der Waals surface area contributed by atoms with E-state index in [4.69, 9.17) is 11.6 Å². The van der Waals surface area contributed by atoms with E-state index in [9.17, 15) is 13.2 Å². The largest absolute Gasteiger partial charge is 0.362 e. The molecule has 0 saturated carbocycles. The molecule has 4 bridgehead atoms. The van der Waals surface area contributed by atoms with Crippen LogP contribution in [-0.4, -0.2) is 47.9 Å². The zero-order valence-electron chi connectivity index (χ0n) is 25.4. The van der Waals surface area contributed by atoms with Crippen molar-refractivity contribution in [1.29, 1.82) is 0 Å². The van der Waals surface area contributed by atoms with Gasteiger partial charge >= 0.3 is 0 Å². The van der Waals surface area contributed by atoms with Crippen molar-refractivity contribution < 1.29 is 13.2 Å². The molecule has 0 aliphatic carbocycles. The SMILES string of the molecule is [C-]#[N+]CCc1ccnc(C2CC[C@@H]3CN(c4nc(C(C)(C)C)ccc4C(=O)NS(=O)(=O)c4cccc(n4)N2)C(C)(C)C3)c1. The third-order valence-electron chi connectivity index (χ3n) is 8.23. The van der Waals surface area contributed by atoms with Crippen molar-refractivity contribution in [2.45, 2.75) is 82.3 Å². The molecule has 43 heavy (non-hydrogen) atoms. The molecule has 3 aromatic heterocycles. The molecular weight excluding hydrogens is 562 g/mol. The highest BCUT2D eigenvalue weighted by atomic mass is 32.2. The van der Waals surface area contributed by atoms with E-state index in [0.29, 0.717) is 37.1 Å². The molecule has 1 unspecified atom stereocenters. The maximum absolute atomic E-state index is 13.6. The summed E-state index contributed by atoms with van der Waals surface area (Å²) in [5.41, 5.74) is 2.29. The van der Waals surface area contributed by atoms with Crippen LogP contribution in [0.25, 0.3) is 4.85 Å². The number of rotatable bonds is 3. The average Bonchev–Trinajstić information content (AvgIpc) is 3.26. The molecule has 1 saturated heterocycles. The molecule has 5 rings (SSSR count). The Kier molecular flexibility index (Phi) is 8.18. The van der Waals surface area contributed by atoms with Crippen LogP contribution in [0.4, 0.5) is 11.6 Å². The lowest BCUT2D eigenvalue weighted by atomic mass is 9.90. The smallest absolute Gasteiger partial charge is 0.281 e. The minimum absolute atomic E-state index is 0.216. The van der Waals surface area contributed by atoms with E-state index in [1.807, 2.05) is 12.1 Å². The summed E-state index contributed by atoms with van der Waals surface area (Å²) in [6.07, 6.45) is 4.86. The third-order valence-corrected chi connectivity index (χ3v) is 9.46. The van der Waals surface area contributed by atoms with Crippen molar-refractivity contribution in [3.63, 3.8) is 0 Å². The molecule has 0 radical (unpaired) electrons. The normalized spacial score (nSPS) is 21.4. The van der Waals surface area contributed by atoms with Gasteiger partial charge in [-0.3, -0.25) is 9.78 Å². The highest BCUT2D eigenvalue weighted by Gasteiger charge is 2.41. The third kappa shape index (κ3) is 6.64. The number of hydrogen-bond donors (Lipinski definition) is 2. The molecule has 0 spiro atoms. The van der Waals surface area contributed by atoms with Gasteiger partial charge in [0.1, 0.15) is 11.6 Å². The maximum atomic E-state index is 13.6. The van der Waals surface area contributed by atoms with Crippen molar-refractivity contribution in [2.24, 2.45) is 5.92 Å². The van der Waals surface area contributed by atoms with E-state index in [1.54, 1.807) is 30.5 Å². The molecule has 11 heteroatoms. The number of pyridine rings is 3. The van der Waals surface area contributed by atoms with Crippen molar-refractivity contribution in [2.75, 3.05) is 23.3 Å². The van der Waals surface area contributed by atoms with E-state index < -0.39 is 15.9 Å². The highest BCUT2D eigenvalue weighted by Crippen LogP contribution is 2.41. The molecule has 5 heterocycles. The maximum Gasteiger partial charge on any atom is 0.281 e. The molecule has 2 aliphatic heterocycles. The standard InChI is InChI=1S/C32H39N7O3S/c1-31(2,3)26-13-11-23-29(36-26)39-20-22(19-32(39,4)5)10-12-24(25-18-21(14-16-33-6)15-17-34-25)35-27-8-7-9-28(37-27)43(41,42)38-30(23)40/h7-9,11,13,15,17-18,22,24H,10,12,14,16,19-20H2,1-5H3,(H,35,37)(H,38,40)/t22-,24?/m0/s1. The quantitative estimate of drug-likeness (QED) is 0.388. The Morgan fingerprint density at radius 2 is 1.91 bits per heavy atom. The van der Waals surface area contributed by atoms with Crippen molar-refractivity contribution in [3.05, 3.63) is 82.6 Å². The number of hydrogen-bond acceptors (Lipinski definition) is 8. The summed E-state index contributed by atoms with van der Waals surface area (Å²) in [6, 6.07) is 11.9. The van der Waals surface area contributed by atoms with Gasteiger partial charge in [0.15, 0.2) is 5.03 Å². The fraction of sp³-hybridized carbons (Fsp3) is 0.469. The van der Waals surface area contributed by atoms with Gasteiger partial charge < -0.3 is 15.1 Å². The van der Waals surface area contributed by atoms with Crippen LogP contribution in [0.15, 0.2) is 53.7 Å². The van der Waals surface area contributed by atoms with Crippen LogP contribution in [0, 0.1) is 12.5 Å². The monoisotopic (exact) mass is 601 g/mol. The molecule has 0 aromatic carbocycles. The number of nitrogens with one attached hydrogen (secondary N) is 2. The topological polar surface area (TPSA) is 122 Å². The van der Waals surface area contributed by atoms with E-state index in [1.165, 1.54) is 6.07 Å². The van der Waals surface area contributed by atoms with E-state index in [0.717, 1.165) is 36.2 Å². The fourth-order valence-corrected chi connectivity index (χ4v) is 6.91. The number of nitrogens with zero attached hydrogens (tertiary/aromatic N) is 5. The number of sulfonamides is 1. The number of fused-ring (bicyclic) bond motifs is 6. The molecular formula is C32H39N7O3S. The Labute approximate surface area is 254 Å². The molecule has 10 nitrogen and oxygen atoms in total. The van der Waals surface area contributed by atoms with E-state index in [-0.39, 0.29) is 27.6 Å². The van der Waals surface area contributed by atoms with Gasteiger partial charge in [0, 0.05) is 35.8 Å². The predicted molar refractivity (Wildman–Crippen MR) is 166 cm³/mol. The molecule has 2 aliphatic rings. The number of amides is 1. The van der Waals surface area contributed by atoms with Crippen LogP contribution < -0.4 is 14.9 Å². The van der Waals surface area contributed by atoms with Gasteiger partial charge in [0.25, 0.3) is 15.9 Å². The summed E-state index contributed by atoms with van der Waals surface area (Å²) in [6.45, 7) is 18.7. The Balaban J connectivity index is 1.60. The number of aromatic nitrogens is 3. The van der Waals surface area contributed by atoms with E-state index in [2.05, 4.69) is 64.4 Å². The number of carbonyl (C=O) groups is 1. The first-order chi connectivity index (χ1) is 20.3. The van der Waals surface area contributed by atoms with Crippen LogP contribution in [0.1, 0.15) is 87.2 Å². The van der Waals surface area contributed by atoms with Crippen molar-refractivity contribution >= 4 is 27.6 Å². The molecule has 1 fully saturated rings. The summed E-state index contributed by atoms with van der Waals surface area (Å²) in [4.78, 5) is 33.3. The summed E-state index contributed by atoms with van der Waals surface area (Å²) in [7, 11) is -4.29. The summed E-state index contributed by atoms with van der Waals surface area (Å²) < 4.78 is 29.1. The summed E-state index contributed by atoms with van der Waals surface area (Å²) in [5.74, 6) is 0.422. The Hall–Kier alpha value is -4.04. The molecule has 226 valence electrons. The van der Waals surface area contributed by atoms with E-state index >= 15 is 0 Å². The highest BCUT2D eigenvalue weighted by molar-refractivity contribution is 7.90. The first-order valence-corrected chi connectivity index (χ1v) is 16.1. The van der Waals surface area contributed by atoms with Crippen LogP contribution in [0.2, 0.25) is 0 Å². The predicted octanol–water partition coefficient (Wildman–Crippen LogP) is 5.30. The van der Waals surface area contributed by atoms with Gasteiger partial charge in [-0.15, -0.1) is 0 Å². The first kappa shape index (κ1) is 30.4. The lowest BCUT2D eigenvalue weighted by Gasteiger charge is -2.34. The van der Waals surface area contributed by atoms with Crippen LogP contribution in [0.5, 0.6) is 0 Å². The zero-order valence-corrected chi connectivity index (χ0v) is 26.2. The Morgan fingerprint density at radius 1 is 1.12 bits per heavy atom. The first-order valence-electron chi connectivity index (χ1n) is 14.6. The molecule has 2 atom stereocenters. The minimum Gasteiger partial charge on any atom is -0.362 e. The molecule has 1 amide bonds. The van der Waals surface area contributed by atoms with Gasteiger partial charge in [-0.2, -0.15) is 8.42 Å².